The summed E-state index contributed by atoms with van der Waals surface area (Å²) in [5, 5.41) is 0.838. The second-order valence-electron chi connectivity index (χ2n) is 3.93. The second kappa shape index (κ2) is 3.84. The van der Waals surface area contributed by atoms with Crippen LogP contribution in [0.4, 0.5) is 0 Å². The van der Waals surface area contributed by atoms with Gasteiger partial charge in [0.25, 0.3) is 0 Å². The molecule has 0 amide bonds. The van der Waals surface area contributed by atoms with Crippen LogP contribution in [0, 0.1) is 0 Å². The van der Waals surface area contributed by atoms with Crippen LogP contribution in [0.25, 0.3) is 0 Å². The SMILES string of the molecule is NCC1(c2c(Cl)cccc2Br)CCC1. The highest BCUT2D eigenvalue weighted by molar-refractivity contribution is 9.10. The van der Waals surface area contributed by atoms with Gasteiger partial charge >= 0.3 is 0 Å². The van der Waals surface area contributed by atoms with E-state index in [2.05, 4.69) is 15.9 Å². The zero-order valence-corrected chi connectivity index (χ0v) is 10.2. The Balaban J connectivity index is 2.49. The number of rotatable bonds is 2. The maximum atomic E-state index is 6.22. The van der Waals surface area contributed by atoms with Crippen molar-refractivity contribution in [3.05, 3.63) is 33.3 Å². The molecule has 0 saturated heterocycles. The Morgan fingerprint density at radius 1 is 1.43 bits per heavy atom. The molecule has 1 aliphatic rings. The zero-order chi connectivity index (χ0) is 10.2. The number of nitrogens with two attached hydrogens (primary N) is 1. The monoisotopic (exact) mass is 273 g/mol. The number of halogens is 2. The molecule has 0 radical (unpaired) electrons. The van der Waals surface area contributed by atoms with Crippen LogP contribution in [-0.2, 0) is 5.41 Å². The molecule has 0 heterocycles. The van der Waals surface area contributed by atoms with Gasteiger partial charge in [0.2, 0.25) is 0 Å². The topological polar surface area (TPSA) is 26.0 Å². The Labute approximate surface area is 97.8 Å². The molecular weight excluding hydrogens is 261 g/mol. The average Bonchev–Trinajstić information content (AvgIpc) is 2.08. The van der Waals surface area contributed by atoms with Crippen molar-refractivity contribution in [3.8, 4) is 0 Å². The van der Waals surface area contributed by atoms with Gasteiger partial charge in [0.1, 0.15) is 0 Å². The van der Waals surface area contributed by atoms with Crippen molar-refractivity contribution in [1.82, 2.24) is 0 Å². The smallest absolute Gasteiger partial charge is 0.0455 e. The third-order valence-corrected chi connectivity index (χ3v) is 4.17. The lowest BCUT2D eigenvalue weighted by Crippen LogP contribution is -2.42. The summed E-state index contributed by atoms with van der Waals surface area (Å²) in [5.41, 5.74) is 7.20. The molecule has 14 heavy (non-hydrogen) atoms. The van der Waals surface area contributed by atoms with Gasteiger partial charge in [-0.05, 0) is 30.5 Å². The third kappa shape index (κ3) is 1.50. The van der Waals surface area contributed by atoms with Crippen LogP contribution in [0.5, 0.6) is 0 Å². The van der Waals surface area contributed by atoms with E-state index in [1.165, 1.54) is 12.0 Å². The highest BCUT2D eigenvalue weighted by Gasteiger charge is 2.39. The van der Waals surface area contributed by atoms with Gasteiger partial charge in [0.05, 0.1) is 0 Å². The van der Waals surface area contributed by atoms with Gasteiger partial charge in [-0.1, -0.05) is 40.0 Å². The van der Waals surface area contributed by atoms with Gasteiger partial charge in [-0.3, -0.25) is 0 Å². The average molecular weight is 275 g/mol. The van der Waals surface area contributed by atoms with Gasteiger partial charge in [-0.2, -0.15) is 0 Å². The van der Waals surface area contributed by atoms with E-state index < -0.39 is 0 Å². The summed E-state index contributed by atoms with van der Waals surface area (Å²) < 4.78 is 1.09. The minimum Gasteiger partial charge on any atom is -0.330 e. The zero-order valence-electron chi connectivity index (χ0n) is 7.89. The van der Waals surface area contributed by atoms with Crippen molar-refractivity contribution in [3.63, 3.8) is 0 Å². The Bertz CT molecular complexity index is 321. The fourth-order valence-electron chi connectivity index (χ4n) is 2.16. The van der Waals surface area contributed by atoms with Crippen molar-refractivity contribution < 1.29 is 0 Å². The molecule has 1 aromatic carbocycles. The number of benzene rings is 1. The minimum absolute atomic E-state index is 0.136. The van der Waals surface area contributed by atoms with E-state index in [4.69, 9.17) is 17.3 Å². The molecule has 1 nitrogen and oxygen atoms in total. The van der Waals surface area contributed by atoms with Crippen LogP contribution in [-0.4, -0.2) is 6.54 Å². The van der Waals surface area contributed by atoms with E-state index in [9.17, 15) is 0 Å². The summed E-state index contributed by atoms with van der Waals surface area (Å²) in [7, 11) is 0. The molecule has 1 saturated carbocycles. The Morgan fingerprint density at radius 3 is 2.57 bits per heavy atom. The Kier molecular flexibility index (Phi) is 2.87. The second-order valence-corrected chi connectivity index (χ2v) is 5.20. The van der Waals surface area contributed by atoms with Crippen LogP contribution in [0.15, 0.2) is 22.7 Å². The van der Waals surface area contributed by atoms with Gasteiger partial charge in [-0.15, -0.1) is 0 Å². The highest BCUT2D eigenvalue weighted by Crippen LogP contribution is 2.48. The largest absolute Gasteiger partial charge is 0.330 e. The van der Waals surface area contributed by atoms with Crippen LogP contribution >= 0.6 is 27.5 Å². The molecule has 1 fully saturated rings. The predicted molar refractivity (Wildman–Crippen MR) is 63.7 cm³/mol. The molecule has 1 aromatic rings. The number of hydrogen-bond acceptors (Lipinski definition) is 1. The first-order valence-electron chi connectivity index (χ1n) is 4.84. The standard InChI is InChI=1S/C11H13BrClN/c12-8-3-1-4-9(13)10(8)11(7-14)5-2-6-11/h1,3-4H,2,5-7,14H2. The Morgan fingerprint density at radius 2 is 2.14 bits per heavy atom. The molecule has 0 bridgehead atoms. The van der Waals surface area contributed by atoms with Crippen molar-refractivity contribution in [2.24, 2.45) is 5.73 Å². The molecule has 3 heteroatoms. The van der Waals surface area contributed by atoms with Crippen molar-refractivity contribution in [2.75, 3.05) is 6.54 Å². The van der Waals surface area contributed by atoms with Crippen molar-refractivity contribution in [1.29, 1.82) is 0 Å². The lowest BCUT2D eigenvalue weighted by Gasteiger charge is -2.42. The highest BCUT2D eigenvalue weighted by atomic mass is 79.9. The van der Waals surface area contributed by atoms with E-state index in [-0.39, 0.29) is 5.41 Å². The molecule has 0 aliphatic heterocycles. The van der Waals surface area contributed by atoms with E-state index in [1.807, 2.05) is 18.2 Å². The van der Waals surface area contributed by atoms with Crippen molar-refractivity contribution >= 4 is 27.5 Å². The normalized spacial score (nSPS) is 19.1. The molecule has 0 spiro atoms. The molecular formula is C11H13BrClN. The summed E-state index contributed by atoms with van der Waals surface area (Å²) in [5.74, 6) is 0. The quantitative estimate of drug-likeness (QED) is 0.878. The van der Waals surface area contributed by atoms with Gasteiger partial charge in [0.15, 0.2) is 0 Å². The van der Waals surface area contributed by atoms with Gasteiger partial charge in [-0.25, -0.2) is 0 Å². The van der Waals surface area contributed by atoms with E-state index in [1.54, 1.807) is 0 Å². The molecule has 0 aromatic heterocycles. The Hall–Kier alpha value is -0.0500. The summed E-state index contributed by atoms with van der Waals surface area (Å²) in [6.07, 6.45) is 3.58. The van der Waals surface area contributed by atoms with Gasteiger partial charge in [0, 0.05) is 21.5 Å². The summed E-state index contributed by atoms with van der Waals surface area (Å²) in [6.45, 7) is 0.690. The van der Waals surface area contributed by atoms with E-state index >= 15 is 0 Å². The summed E-state index contributed by atoms with van der Waals surface area (Å²) in [4.78, 5) is 0. The predicted octanol–water partition coefficient (Wildman–Crippen LogP) is 3.48. The molecule has 0 unspecified atom stereocenters. The molecule has 76 valence electrons. The first-order chi connectivity index (χ1) is 6.69. The van der Waals surface area contributed by atoms with Crippen molar-refractivity contribution in [2.45, 2.75) is 24.7 Å². The minimum atomic E-state index is 0.136. The van der Waals surface area contributed by atoms with Crippen LogP contribution < -0.4 is 5.73 Å². The number of hydrogen-bond donors (Lipinski definition) is 1. The first-order valence-corrected chi connectivity index (χ1v) is 6.01. The molecule has 2 N–H and O–H groups in total. The van der Waals surface area contributed by atoms with Crippen LogP contribution in [0.3, 0.4) is 0 Å². The molecule has 0 atom stereocenters. The maximum absolute atomic E-state index is 6.22. The lowest BCUT2D eigenvalue weighted by atomic mass is 9.64. The fourth-order valence-corrected chi connectivity index (χ4v) is 3.44. The molecule has 1 aliphatic carbocycles. The lowest BCUT2D eigenvalue weighted by molar-refractivity contribution is 0.252. The maximum Gasteiger partial charge on any atom is 0.0455 e. The fraction of sp³-hybridized carbons (Fsp3) is 0.455. The summed E-state index contributed by atoms with van der Waals surface area (Å²) >= 11 is 9.78. The van der Waals surface area contributed by atoms with Crippen LogP contribution in [0.2, 0.25) is 5.02 Å². The molecule has 2 rings (SSSR count). The summed E-state index contributed by atoms with van der Waals surface area (Å²) in [6, 6.07) is 5.94. The van der Waals surface area contributed by atoms with Gasteiger partial charge < -0.3 is 5.73 Å². The first kappa shape index (κ1) is 10.5. The third-order valence-electron chi connectivity index (χ3n) is 3.19. The van der Waals surface area contributed by atoms with Crippen LogP contribution in [0.1, 0.15) is 24.8 Å². The van der Waals surface area contributed by atoms with E-state index in [0.717, 1.165) is 22.3 Å². The van der Waals surface area contributed by atoms with E-state index in [0.29, 0.717) is 6.54 Å².